The second-order valence-electron chi connectivity index (χ2n) is 2.94. The third-order valence-electron chi connectivity index (χ3n) is 1.93. The Labute approximate surface area is 105 Å². The molecule has 0 aliphatic rings. The van der Waals surface area contributed by atoms with Crippen LogP contribution in [0.4, 0.5) is 0 Å². The van der Waals surface area contributed by atoms with Gasteiger partial charge in [0.05, 0.1) is 4.88 Å². The Bertz CT molecular complexity index is 467. The molecule has 2 nitrogen and oxygen atoms in total. The Balaban J connectivity index is 2.41. The summed E-state index contributed by atoms with van der Waals surface area (Å²) in [7, 11) is 0. The van der Waals surface area contributed by atoms with E-state index in [1.165, 1.54) is 11.3 Å². The summed E-state index contributed by atoms with van der Waals surface area (Å²) in [5.74, 6) is 0. The monoisotopic (exact) mass is 302 g/mol. The minimum absolute atomic E-state index is 0.438. The van der Waals surface area contributed by atoms with Crippen LogP contribution >= 0.6 is 38.9 Å². The van der Waals surface area contributed by atoms with Gasteiger partial charge in [0.2, 0.25) is 0 Å². The van der Waals surface area contributed by atoms with Crippen LogP contribution in [0.5, 0.6) is 0 Å². The summed E-state index contributed by atoms with van der Waals surface area (Å²) in [5, 5.41) is 1.42. The highest BCUT2D eigenvalue weighted by Gasteiger charge is 2.09. The summed E-state index contributed by atoms with van der Waals surface area (Å²) < 4.78 is 1.05. The van der Waals surface area contributed by atoms with Gasteiger partial charge in [-0.25, -0.2) is 4.98 Å². The lowest BCUT2D eigenvalue weighted by molar-refractivity contribution is 1.10. The lowest BCUT2D eigenvalue weighted by Crippen LogP contribution is -1.92. The minimum Gasteiger partial charge on any atom is -0.326 e. The molecule has 15 heavy (non-hydrogen) atoms. The van der Waals surface area contributed by atoms with Crippen LogP contribution in [-0.2, 0) is 6.54 Å². The van der Waals surface area contributed by atoms with Gasteiger partial charge in [0.25, 0.3) is 0 Å². The van der Waals surface area contributed by atoms with Crippen molar-refractivity contribution in [3.63, 3.8) is 0 Å². The maximum Gasteiger partial charge on any atom is 0.145 e. The Kier molecular flexibility index (Phi) is 3.41. The molecule has 0 saturated carbocycles. The third kappa shape index (κ3) is 2.39. The zero-order valence-corrected chi connectivity index (χ0v) is 10.9. The molecule has 78 valence electrons. The molecule has 0 unspecified atom stereocenters. The van der Waals surface area contributed by atoms with Gasteiger partial charge in [0.1, 0.15) is 10.2 Å². The third-order valence-corrected chi connectivity index (χ3v) is 4.01. The zero-order valence-electron chi connectivity index (χ0n) is 7.71. The Morgan fingerprint density at radius 3 is 2.53 bits per heavy atom. The molecule has 1 aromatic heterocycles. The molecule has 0 spiro atoms. The largest absolute Gasteiger partial charge is 0.326 e. The molecule has 0 aliphatic carbocycles. The predicted octanol–water partition coefficient (Wildman–Crippen LogP) is 3.68. The second-order valence-corrected chi connectivity index (χ2v) is 5.30. The predicted molar refractivity (Wildman–Crippen MR) is 68.2 cm³/mol. The van der Waals surface area contributed by atoms with E-state index >= 15 is 0 Å². The first-order valence-corrected chi connectivity index (χ1v) is 6.30. The van der Waals surface area contributed by atoms with E-state index in [-0.39, 0.29) is 0 Å². The SMILES string of the molecule is NCc1sc(-c2ccc(Br)cc2)nc1Cl. The van der Waals surface area contributed by atoms with Crippen LogP contribution in [0.2, 0.25) is 5.15 Å². The van der Waals surface area contributed by atoms with Crippen molar-refractivity contribution in [3.05, 3.63) is 38.8 Å². The number of nitrogens with zero attached hydrogens (tertiary/aromatic N) is 1. The molecule has 0 bridgehead atoms. The first-order valence-electron chi connectivity index (χ1n) is 4.32. The Morgan fingerprint density at radius 2 is 2.00 bits per heavy atom. The van der Waals surface area contributed by atoms with Gasteiger partial charge in [-0.3, -0.25) is 0 Å². The van der Waals surface area contributed by atoms with Crippen LogP contribution in [0.25, 0.3) is 10.6 Å². The highest BCUT2D eigenvalue weighted by Crippen LogP contribution is 2.31. The van der Waals surface area contributed by atoms with E-state index in [1.54, 1.807) is 0 Å². The number of hydrogen-bond donors (Lipinski definition) is 1. The van der Waals surface area contributed by atoms with Crippen molar-refractivity contribution in [2.75, 3.05) is 0 Å². The normalized spacial score (nSPS) is 10.6. The van der Waals surface area contributed by atoms with Crippen molar-refractivity contribution < 1.29 is 0 Å². The Morgan fingerprint density at radius 1 is 1.33 bits per heavy atom. The molecular weight excluding hydrogens is 296 g/mol. The van der Waals surface area contributed by atoms with E-state index in [1.807, 2.05) is 24.3 Å². The quantitative estimate of drug-likeness (QED) is 0.919. The van der Waals surface area contributed by atoms with Crippen LogP contribution in [0, 0.1) is 0 Å². The standard InChI is InChI=1S/C10H8BrClN2S/c11-7-3-1-6(2-4-7)10-14-9(12)8(5-13)15-10/h1-4H,5,13H2. The maximum atomic E-state index is 5.94. The van der Waals surface area contributed by atoms with Gasteiger partial charge in [0.15, 0.2) is 0 Å². The van der Waals surface area contributed by atoms with E-state index < -0.39 is 0 Å². The van der Waals surface area contributed by atoms with Crippen molar-refractivity contribution in [2.45, 2.75) is 6.54 Å². The molecule has 1 heterocycles. The summed E-state index contributed by atoms with van der Waals surface area (Å²) in [6.07, 6.45) is 0. The van der Waals surface area contributed by atoms with Crippen molar-refractivity contribution in [1.82, 2.24) is 4.98 Å². The molecule has 0 amide bonds. The number of halogens is 2. The first kappa shape index (κ1) is 11.1. The smallest absolute Gasteiger partial charge is 0.145 e. The van der Waals surface area contributed by atoms with Gasteiger partial charge in [-0.15, -0.1) is 11.3 Å². The van der Waals surface area contributed by atoms with E-state index in [0.29, 0.717) is 11.7 Å². The van der Waals surface area contributed by atoms with Crippen molar-refractivity contribution in [3.8, 4) is 10.6 Å². The molecule has 2 N–H and O–H groups in total. The molecule has 0 aliphatic heterocycles. The topological polar surface area (TPSA) is 38.9 Å². The summed E-state index contributed by atoms with van der Waals surface area (Å²) in [4.78, 5) is 5.20. The van der Waals surface area contributed by atoms with Crippen LogP contribution in [-0.4, -0.2) is 4.98 Å². The highest BCUT2D eigenvalue weighted by atomic mass is 79.9. The van der Waals surface area contributed by atoms with Crippen molar-refractivity contribution in [2.24, 2.45) is 5.73 Å². The number of nitrogens with two attached hydrogens (primary N) is 1. The lowest BCUT2D eigenvalue weighted by atomic mass is 10.2. The number of benzene rings is 1. The summed E-state index contributed by atoms with van der Waals surface area (Å²) >= 11 is 10.9. The van der Waals surface area contributed by atoms with Crippen LogP contribution in [0.15, 0.2) is 28.7 Å². The fraction of sp³-hybridized carbons (Fsp3) is 0.100. The average Bonchev–Trinajstić information content (AvgIpc) is 2.61. The summed E-state index contributed by atoms with van der Waals surface area (Å²) in [6.45, 7) is 0.438. The number of hydrogen-bond acceptors (Lipinski definition) is 3. The van der Waals surface area contributed by atoms with Crippen molar-refractivity contribution in [1.29, 1.82) is 0 Å². The summed E-state index contributed by atoms with van der Waals surface area (Å²) in [6, 6.07) is 7.96. The highest BCUT2D eigenvalue weighted by molar-refractivity contribution is 9.10. The maximum absolute atomic E-state index is 5.94. The molecule has 0 saturated heterocycles. The fourth-order valence-corrected chi connectivity index (χ4v) is 2.60. The van der Waals surface area contributed by atoms with E-state index in [4.69, 9.17) is 17.3 Å². The van der Waals surface area contributed by atoms with Crippen LogP contribution < -0.4 is 5.73 Å². The summed E-state index contributed by atoms with van der Waals surface area (Å²) in [5.41, 5.74) is 6.60. The molecule has 5 heteroatoms. The van der Waals surface area contributed by atoms with Gasteiger partial charge < -0.3 is 5.73 Å². The van der Waals surface area contributed by atoms with Crippen LogP contribution in [0.3, 0.4) is 0 Å². The zero-order chi connectivity index (χ0) is 10.8. The average molecular weight is 304 g/mol. The number of thiazole rings is 1. The van der Waals surface area contributed by atoms with Gasteiger partial charge in [0, 0.05) is 16.6 Å². The number of aromatic nitrogens is 1. The van der Waals surface area contributed by atoms with Gasteiger partial charge >= 0.3 is 0 Å². The molecule has 2 aromatic rings. The van der Waals surface area contributed by atoms with E-state index in [2.05, 4.69) is 20.9 Å². The molecule has 0 atom stereocenters. The second kappa shape index (κ2) is 4.61. The van der Waals surface area contributed by atoms with Gasteiger partial charge in [-0.05, 0) is 12.1 Å². The molecule has 1 aromatic carbocycles. The van der Waals surface area contributed by atoms with Gasteiger partial charge in [-0.1, -0.05) is 39.7 Å². The molecule has 0 fully saturated rings. The van der Waals surface area contributed by atoms with E-state index in [0.717, 1.165) is 19.9 Å². The fourth-order valence-electron chi connectivity index (χ4n) is 1.17. The van der Waals surface area contributed by atoms with Gasteiger partial charge in [-0.2, -0.15) is 0 Å². The first-order chi connectivity index (χ1) is 7.20. The lowest BCUT2D eigenvalue weighted by Gasteiger charge is -1.95. The van der Waals surface area contributed by atoms with Crippen molar-refractivity contribution >= 4 is 38.9 Å². The van der Waals surface area contributed by atoms with Crippen LogP contribution in [0.1, 0.15) is 4.88 Å². The molecular formula is C10H8BrClN2S. The molecule has 2 rings (SSSR count). The minimum atomic E-state index is 0.438. The molecule has 0 radical (unpaired) electrons. The number of rotatable bonds is 2. The Hall–Kier alpha value is -0.420. The van der Waals surface area contributed by atoms with E-state index in [9.17, 15) is 0 Å².